The van der Waals surface area contributed by atoms with Gasteiger partial charge in [-0.05, 0) is 48.7 Å². The Kier molecular flexibility index (Phi) is 5.22. The van der Waals surface area contributed by atoms with Crippen molar-refractivity contribution >= 4 is 17.5 Å². The molecule has 0 spiro atoms. The van der Waals surface area contributed by atoms with Crippen molar-refractivity contribution in [1.29, 1.82) is 0 Å². The summed E-state index contributed by atoms with van der Waals surface area (Å²) in [6.07, 6.45) is 0.307. The molecule has 0 aromatic heterocycles. The van der Waals surface area contributed by atoms with Crippen LogP contribution < -0.4 is 11.1 Å². The van der Waals surface area contributed by atoms with Gasteiger partial charge < -0.3 is 11.1 Å². The van der Waals surface area contributed by atoms with Crippen LogP contribution in [0.2, 0.25) is 5.02 Å². The molecule has 4 heteroatoms. The number of hydrogen-bond donors (Lipinski definition) is 2. The molecule has 0 unspecified atom stereocenters. The van der Waals surface area contributed by atoms with E-state index in [-0.39, 0.29) is 5.91 Å². The normalized spacial score (nSPS) is 11.3. The van der Waals surface area contributed by atoms with Crippen molar-refractivity contribution in [3.05, 3.63) is 59.1 Å². The number of hydrogen-bond acceptors (Lipinski definition) is 2. The Morgan fingerprint density at radius 1 is 1.14 bits per heavy atom. The molecule has 0 aliphatic rings. The Labute approximate surface area is 136 Å². The lowest BCUT2D eigenvalue weighted by molar-refractivity contribution is -0.122. The molecule has 0 aliphatic heterocycles. The summed E-state index contributed by atoms with van der Waals surface area (Å²) in [6, 6.07) is 15.8. The third-order valence-corrected chi connectivity index (χ3v) is 3.43. The standard InChI is InChI=1S/C18H21ClN2O/c1-18(2,20)11-17(22)21-12-13-5-3-6-14(9-13)15-7-4-8-16(19)10-15/h3-10H,11-12,20H2,1-2H3,(H,21,22). The van der Waals surface area contributed by atoms with Crippen LogP contribution in [0.15, 0.2) is 48.5 Å². The van der Waals surface area contributed by atoms with Crippen molar-refractivity contribution in [2.75, 3.05) is 0 Å². The molecular weight excluding hydrogens is 296 g/mol. The Hall–Kier alpha value is -1.84. The number of benzene rings is 2. The highest BCUT2D eigenvalue weighted by atomic mass is 35.5. The summed E-state index contributed by atoms with van der Waals surface area (Å²) in [5.41, 5.74) is 8.53. The molecule has 0 heterocycles. The molecule has 2 aromatic rings. The van der Waals surface area contributed by atoms with Crippen LogP contribution in [0.3, 0.4) is 0 Å². The van der Waals surface area contributed by atoms with Crippen LogP contribution >= 0.6 is 11.6 Å². The maximum atomic E-state index is 11.8. The topological polar surface area (TPSA) is 55.1 Å². The van der Waals surface area contributed by atoms with Gasteiger partial charge >= 0.3 is 0 Å². The highest BCUT2D eigenvalue weighted by Gasteiger charge is 2.15. The minimum absolute atomic E-state index is 0.0411. The summed E-state index contributed by atoms with van der Waals surface area (Å²) < 4.78 is 0. The number of carbonyl (C=O) groups is 1. The lowest BCUT2D eigenvalue weighted by Crippen LogP contribution is -2.38. The summed E-state index contributed by atoms with van der Waals surface area (Å²) in [6.45, 7) is 4.17. The highest BCUT2D eigenvalue weighted by molar-refractivity contribution is 6.30. The highest BCUT2D eigenvalue weighted by Crippen LogP contribution is 2.23. The second kappa shape index (κ2) is 6.95. The lowest BCUT2D eigenvalue weighted by Gasteiger charge is -2.17. The molecule has 0 aliphatic carbocycles. The summed E-state index contributed by atoms with van der Waals surface area (Å²) in [7, 11) is 0. The van der Waals surface area contributed by atoms with E-state index in [9.17, 15) is 4.79 Å². The summed E-state index contributed by atoms with van der Waals surface area (Å²) in [5.74, 6) is -0.0411. The molecule has 0 saturated heterocycles. The average molecular weight is 317 g/mol. The number of nitrogens with two attached hydrogens (primary N) is 1. The Bertz CT molecular complexity index is 662. The molecule has 0 bridgehead atoms. The zero-order chi connectivity index (χ0) is 16.2. The fourth-order valence-electron chi connectivity index (χ4n) is 2.21. The summed E-state index contributed by atoms with van der Waals surface area (Å²) in [5, 5.41) is 3.61. The van der Waals surface area contributed by atoms with Crippen molar-refractivity contribution in [2.24, 2.45) is 5.73 Å². The van der Waals surface area contributed by atoms with E-state index in [0.717, 1.165) is 16.7 Å². The van der Waals surface area contributed by atoms with Crippen molar-refractivity contribution in [2.45, 2.75) is 32.4 Å². The molecule has 0 atom stereocenters. The van der Waals surface area contributed by atoms with Crippen LogP contribution in [0.5, 0.6) is 0 Å². The molecule has 116 valence electrons. The minimum atomic E-state index is -0.493. The first-order valence-electron chi connectivity index (χ1n) is 7.24. The SMILES string of the molecule is CC(C)(N)CC(=O)NCc1cccc(-c2cccc(Cl)c2)c1. The predicted octanol–water partition coefficient (Wildman–Crippen LogP) is 3.75. The molecule has 1 amide bonds. The monoisotopic (exact) mass is 316 g/mol. The van der Waals surface area contributed by atoms with E-state index in [1.807, 2.05) is 56.3 Å². The van der Waals surface area contributed by atoms with Gasteiger partial charge in [0, 0.05) is 23.5 Å². The Morgan fingerprint density at radius 3 is 2.41 bits per heavy atom. The Balaban J connectivity index is 2.05. The molecule has 22 heavy (non-hydrogen) atoms. The van der Waals surface area contributed by atoms with E-state index in [0.29, 0.717) is 18.0 Å². The third kappa shape index (κ3) is 5.17. The molecular formula is C18H21ClN2O. The smallest absolute Gasteiger partial charge is 0.222 e. The van der Waals surface area contributed by atoms with Gasteiger partial charge in [0.1, 0.15) is 0 Å². The van der Waals surface area contributed by atoms with E-state index in [2.05, 4.69) is 11.4 Å². The maximum absolute atomic E-state index is 11.8. The molecule has 0 fully saturated rings. The number of carbonyl (C=O) groups excluding carboxylic acids is 1. The van der Waals surface area contributed by atoms with Gasteiger partial charge in [-0.2, -0.15) is 0 Å². The van der Waals surface area contributed by atoms with Gasteiger partial charge in [0.2, 0.25) is 5.91 Å². The third-order valence-electron chi connectivity index (χ3n) is 3.19. The summed E-state index contributed by atoms with van der Waals surface area (Å²) in [4.78, 5) is 11.8. The largest absolute Gasteiger partial charge is 0.352 e. The molecule has 3 nitrogen and oxygen atoms in total. The van der Waals surface area contributed by atoms with E-state index in [4.69, 9.17) is 17.3 Å². The first kappa shape index (κ1) is 16.5. The van der Waals surface area contributed by atoms with E-state index >= 15 is 0 Å². The second-order valence-corrected chi connectivity index (χ2v) is 6.59. The van der Waals surface area contributed by atoms with Crippen LogP contribution in [0, 0.1) is 0 Å². The quantitative estimate of drug-likeness (QED) is 0.882. The fourth-order valence-corrected chi connectivity index (χ4v) is 2.40. The van der Waals surface area contributed by atoms with E-state index < -0.39 is 5.54 Å². The zero-order valence-electron chi connectivity index (χ0n) is 12.9. The second-order valence-electron chi connectivity index (χ2n) is 6.15. The molecule has 0 saturated carbocycles. The van der Waals surface area contributed by atoms with E-state index in [1.165, 1.54) is 0 Å². The van der Waals surface area contributed by atoms with Gasteiger partial charge in [0.25, 0.3) is 0 Å². The number of halogens is 1. The van der Waals surface area contributed by atoms with Crippen molar-refractivity contribution in [3.8, 4) is 11.1 Å². The molecule has 0 radical (unpaired) electrons. The average Bonchev–Trinajstić information content (AvgIpc) is 2.44. The van der Waals surface area contributed by atoms with Gasteiger partial charge in [0.15, 0.2) is 0 Å². The van der Waals surface area contributed by atoms with Crippen molar-refractivity contribution in [3.63, 3.8) is 0 Å². The maximum Gasteiger partial charge on any atom is 0.222 e. The first-order valence-corrected chi connectivity index (χ1v) is 7.62. The number of amides is 1. The molecule has 3 N–H and O–H groups in total. The van der Waals surface area contributed by atoms with Gasteiger partial charge in [-0.3, -0.25) is 4.79 Å². The first-order chi connectivity index (χ1) is 10.3. The van der Waals surface area contributed by atoms with Crippen LogP contribution in [0.4, 0.5) is 0 Å². The Morgan fingerprint density at radius 2 is 1.77 bits per heavy atom. The van der Waals surface area contributed by atoms with Crippen molar-refractivity contribution in [1.82, 2.24) is 5.32 Å². The van der Waals surface area contributed by atoms with E-state index in [1.54, 1.807) is 0 Å². The fraction of sp³-hybridized carbons (Fsp3) is 0.278. The van der Waals surface area contributed by atoms with Gasteiger partial charge in [-0.25, -0.2) is 0 Å². The van der Waals surface area contributed by atoms with Crippen LogP contribution in [-0.2, 0) is 11.3 Å². The molecule has 2 rings (SSSR count). The summed E-state index contributed by atoms with van der Waals surface area (Å²) >= 11 is 6.03. The number of nitrogens with one attached hydrogen (secondary N) is 1. The lowest BCUT2D eigenvalue weighted by atomic mass is 10.0. The predicted molar refractivity (Wildman–Crippen MR) is 91.6 cm³/mol. The van der Waals surface area contributed by atoms with Gasteiger partial charge in [-0.15, -0.1) is 0 Å². The van der Waals surface area contributed by atoms with Crippen LogP contribution in [0.25, 0.3) is 11.1 Å². The van der Waals surface area contributed by atoms with Crippen LogP contribution in [0.1, 0.15) is 25.8 Å². The van der Waals surface area contributed by atoms with Gasteiger partial charge in [0.05, 0.1) is 0 Å². The van der Waals surface area contributed by atoms with Gasteiger partial charge in [-0.1, -0.05) is 41.9 Å². The minimum Gasteiger partial charge on any atom is -0.352 e. The number of rotatable bonds is 5. The van der Waals surface area contributed by atoms with Crippen molar-refractivity contribution < 1.29 is 4.79 Å². The molecule has 2 aromatic carbocycles. The zero-order valence-corrected chi connectivity index (χ0v) is 13.7. The van der Waals surface area contributed by atoms with Crippen LogP contribution in [-0.4, -0.2) is 11.4 Å².